The van der Waals surface area contributed by atoms with Crippen LogP contribution in [0.1, 0.15) is 0 Å². The number of nitrogens with zero attached hydrogens (tertiary/aromatic N) is 3. The first-order chi connectivity index (χ1) is 19.0. The molecule has 12 nitrogen and oxygen atoms in total. The van der Waals surface area contributed by atoms with E-state index in [0.29, 0.717) is 23.7 Å². The molecule has 2 aromatic carbocycles. The van der Waals surface area contributed by atoms with Crippen LogP contribution in [0.3, 0.4) is 0 Å². The number of hydrogen-bond donors (Lipinski definition) is 7. The van der Waals surface area contributed by atoms with Crippen molar-refractivity contribution in [3.63, 3.8) is 0 Å². The van der Waals surface area contributed by atoms with Crippen LogP contribution in [-0.4, -0.2) is 47.2 Å². The predicted octanol–water partition coefficient (Wildman–Crippen LogP) is 4.26. The van der Waals surface area contributed by atoms with Gasteiger partial charge in [-0.05, 0) is 41.3 Å². The van der Waals surface area contributed by atoms with Gasteiger partial charge in [-0.15, -0.1) is 11.3 Å². The Morgan fingerprint density at radius 2 is 1.73 bits per heavy atom. The Hall–Kier alpha value is -4.17. The number of aliphatic hydroxyl groups excluding tert-OH is 1. The first-order valence-electron chi connectivity index (χ1n) is 11.5. The molecule has 0 atom stereocenters. The molecule has 208 valence electrons. The fraction of sp³-hybridized carbons (Fsp3) is 0.0800. The van der Waals surface area contributed by atoms with E-state index in [1.807, 2.05) is 23.7 Å². The Morgan fingerprint density at radius 1 is 1.02 bits per heavy atom. The molecule has 3 aromatic heterocycles. The first-order valence-corrected chi connectivity index (χ1v) is 14.0. The molecule has 5 aromatic rings. The van der Waals surface area contributed by atoms with E-state index in [2.05, 4.69) is 20.7 Å². The number of amides is 2. The number of halogens is 1. The maximum Gasteiger partial charge on any atom is 0.466 e. The van der Waals surface area contributed by atoms with E-state index in [0.717, 1.165) is 32.3 Å². The van der Waals surface area contributed by atoms with Crippen molar-refractivity contribution in [3.8, 4) is 22.3 Å². The summed E-state index contributed by atoms with van der Waals surface area (Å²) in [7, 11) is -4.64. The van der Waals surface area contributed by atoms with E-state index in [1.165, 1.54) is 18.2 Å². The summed E-state index contributed by atoms with van der Waals surface area (Å²) in [5, 5.41) is 21.7. The lowest BCUT2D eigenvalue weighted by Gasteiger charge is -2.09. The van der Waals surface area contributed by atoms with E-state index in [1.54, 1.807) is 46.6 Å². The predicted molar refractivity (Wildman–Crippen MR) is 151 cm³/mol. The highest BCUT2D eigenvalue weighted by molar-refractivity contribution is 7.45. The number of anilines is 3. The largest absolute Gasteiger partial charge is 0.466 e. The fourth-order valence-corrected chi connectivity index (χ4v) is 4.93. The number of urea groups is 1. The average molecular weight is 587 g/mol. The molecule has 0 aliphatic rings. The number of phosphoric acid groups is 1. The number of hydrogen-bond acceptors (Lipinski definition) is 7. The minimum atomic E-state index is -4.64. The summed E-state index contributed by atoms with van der Waals surface area (Å²) in [5.74, 6) is 0.00507. The number of benzene rings is 2. The molecule has 40 heavy (non-hydrogen) atoms. The third-order valence-electron chi connectivity index (χ3n) is 5.43. The summed E-state index contributed by atoms with van der Waals surface area (Å²) in [6.45, 7) is 0.429. The van der Waals surface area contributed by atoms with Crippen LogP contribution < -0.4 is 16.4 Å². The Kier molecular flexibility index (Phi) is 8.90. The Morgan fingerprint density at radius 3 is 2.40 bits per heavy atom. The zero-order valence-electron chi connectivity index (χ0n) is 20.6. The summed E-state index contributed by atoms with van der Waals surface area (Å²) < 4.78 is 24.9. The van der Waals surface area contributed by atoms with Gasteiger partial charge in [-0.25, -0.2) is 18.7 Å². The van der Waals surface area contributed by atoms with E-state index >= 15 is 0 Å². The number of nitrogens with two attached hydrogens (primary N) is 1. The summed E-state index contributed by atoms with van der Waals surface area (Å²) >= 11 is 1.57. The Balaban J connectivity index is 0.000000681. The highest BCUT2D eigenvalue weighted by Gasteiger charge is 2.16. The first kappa shape index (κ1) is 28.8. The number of carbonyl (C=O) groups is 1. The van der Waals surface area contributed by atoms with Crippen molar-refractivity contribution in [2.45, 2.75) is 6.54 Å². The zero-order chi connectivity index (χ0) is 28.9. The van der Waals surface area contributed by atoms with Crippen LogP contribution in [0, 0.1) is 5.82 Å². The van der Waals surface area contributed by atoms with Crippen molar-refractivity contribution in [1.82, 2.24) is 14.8 Å². The van der Waals surface area contributed by atoms with Crippen molar-refractivity contribution < 1.29 is 33.5 Å². The van der Waals surface area contributed by atoms with Crippen LogP contribution in [0.5, 0.6) is 0 Å². The van der Waals surface area contributed by atoms with Crippen LogP contribution in [0.25, 0.3) is 32.3 Å². The van der Waals surface area contributed by atoms with Gasteiger partial charge in [-0.3, -0.25) is 4.68 Å². The number of aromatic nitrogens is 3. The second-order valence-corrected chi connectivity index (χ2v) is 10.2. The van der Waals surface area contributed by atoms with Gasteiger partial charge in [0.2, 0.25) is 0 Å². The number of fused-ring (bicyclic) bond motifs is 1. The molecular weight excluding hydrogens is 562 g/mol. The van der Waals surface area contributed by atoms with Gasteiger partial charge >= 0.3 is 13.9 Å². The van der Waals surface area contributed by atoms with Crippen molar-refractivity contribution in [1.29, 1.82) is 0 Å². The fourth-order valence-electron chi connectivity index (χ4n) is 3.81. The molecule has 0 aliphatic carbocycles. The molecule has 0 bridgehead atoms. The third-order valence-corrected chi connectivity index (χ3v) is 6.45. The maximum absolute atomic E-state index is 13.3. The maximum atomic E-state index is 13.3. The Labute approximate surface area is 230 Å². The monoisotopic (exact) mass is 586 g/mol. The molecule has 2 amide bonds. The number of aliphatic hydroxyl groups is 1. The number of thiophene rings is 1. The van der Waals surface area contributed by atoms with E-state index in [-0.39, 0.29) is 6.61 Å². The van der Waals surface area contributed by atoms with Gasteiger partial charge in [0.25, 0.3) is 0 Å². The standard InChI is InChI=1S/C25H21FN6O2S.H3O4P/c26-17-2-1-3-19(10-17)31-25(34)30-18-6-4-15(5-7-18)21-14-35-23-20(12-28-24(27)22(21)23)16-11-29-32(13-16)8-9-33;1-5(2,3)4/h1-7,10-14,33H,8-9H2,(H2,27,28)(H2,30,31,34);(H3,1,2,3,4). The lowest BCUT2D eigenvalue weighted by atomic mass is 10.0. The van der Waals surface area contributed by atoms with E-state index < -0.39 is 19.7 Å². The molecule has 15 heteroatoms. The average Bonchev–Trinajstić information content (AvgIpc) is 3.52. The molecule has 5 rings (SSSR count). The number of rotatable bonds is 6. The van der Waals surface area contributed by atoms with Crippen LogP contribution >= 0.6 is 19.2 Å². The van der Waals surface area contributed by atoms with Gasteiger partial charge < -0.3 is 36.2 Å². The quantitative estimate of drug-likeness (QED) is 0.142. The second kappa shape index (κ2) is 12.3. The zero-order valence-corrected chi connectivity index (χ0v) is 22.3. The van der Waals surface area contributed by atoms with Gasteiger partial charge in [0, 0.05) is 50.5 Å². The molecule has 0 spiro atoms. The summed E-state index contributed by atoms with van der Waals surface area (Å²) in [4.78, 5) is 38.2. The van der Waals surface area contributed by atoms with Crippen LogP contribution in [0.2, 0.25) is 0 Å². The number of pyridine rings is 1. The highest BCUT2D eigenvalue weighted by atomic mass is 32.1. The number of nitrogens with one attached hydrogen (secondary N) is 2. The van der Waals surface area contributed by atoms with E-state index in [4.69, 9.17) is 30.1 Å². The van der Waals surface area contributed by atoms with Crippen molar-refractivity contribution in [2.75, 3.05) is 23.0 Å². The van der Waals surface area contributed by atoms with Gasteiger partial charge in [-0.1, -0.05) is 18.2 Å². The molecule has 0 unspecified atom stereocenters. The van der Waals surface area contributed by atoms with Crippen molar-refractivity contribution in [2.24, 2.45) is 0 Å². The molecule has 3 heterocycles. The van der Waals surface area contributed by atoms with E-state index in [9.17, 15) is 9.18 Å². The molecule has 8 N–H and O–H groups in total. The van der Waals surface area contributed by atoms with Gasteiger partial charge in [0.15, 0.2) is 0 Å². The van der Waals surface area contributed by atoms with Crippen molar-refractivity contribution in [3.05, 3.63) is 78.3 Å². The van der Waals surface area contributed by atoms with Gasteiger partial charge in [0.1, 0.15) is 11.6 Å². The van der Waals surface area contributed by atoms with Crippen LogP contribution in [0.4, 0.5) is 26.4 Å². The molecule has 0 aliphatic heterocycles. The molecular formula is C25H24FN6O6PS. The number of carbonyl (C=O) groups excluding carboxylic acids is 1. The highest BCUT2D eigenvalue weighted by Crippen LogP contribution is 2.41. The summed E-state index contributed by atoms with van der Waals surface area (Å²) in [6, 6.07) is 12.6. The Bertz CT molecular complexity index is 1680. The van der Waals surface area contributed by atoms with Gasteiger partial charge in [-0.2, -0.15) is 5.10 Å². The number of nitrogen functional groups attached to an aromatic ring is 1. The van der Waals surface area contributed by atoms with Crippen molar-refractivity contribution >= 4 is 52.5 Å². The topological polar surface area (TPSA) is 196 Å². The van der Waals surface area contributed by atoms with Crippen LogP contribution in [0.15, 0.2) is 72.5 Å². The molecule has 0 saturated heterocycles. The minimum Gasteiger partial charge on any atom is -0.394 e. The lowest BCUT2D eigenvalue weighted by Crippen LogP contribution is -2.19. The van der Waals surface area contributed by atoms with Gasteiger partial charge in [0.05, 0.1) is 19.3 Å². The molecule has 0 saturated carbocycles. The molecule has 0 fully saturated rings. The SMILES string of the molecule is Nc1ncc(-c2cnn(CCO)c2)c2scc(-c3ccc(NC(=O)Nc4cccc(F)c4)cc3)c12.O=P(O)(O)O. The normalized spacial score (nSPS) is 11.1. The minimum absolute atomic E-state index is 0.0109. The third kappa shape index (κ3) is 7.48. The summed E-state index contributed by atoms with van der Waals surface area (Å²) in [6.07, 6.45) is 5.36. The smallest absolute Gasteiger partial charge is 0.394 e. The second-order valence-electron chi connectivity index (χ2n) is 8.31. The van der Waals surface area contributed by atoms with Crippen LogP contribution in [-0.2, 0) is 11.1 Å². The molecule has 0 radical (unpaired) electrons. The summed E-state index contributed by atoms with van der Waals surface area (Å²) in [5.41, 5.74) is 10.9. The lowest BCUT2D eigenvalue weighted by molar-refractivity contribution is 0.262.